The summed E-state index contributed by atoms with van der Waals surface area (Å²) in [5.74, 6) is 0.314. The molecule has 0 aliphatic carbocycles. The van der Waals surface area contributed by atoms with Gasteiger partial charge in [-0.05, 0) is 31.5 Å². The first kappa shape index (κ1) is 16.0. The highest BCUT2D eigenvalue weighted by molar-refractivity contribution is 7.10. The fourth-order valence-corrected chi connectivity index (χ4v) is 2.28. The van der Waals surface area contributed by atoms with Crippen molar-refractivity contribution in [1.29, 1.82) is 0 Å². The summed E-state index contributed by atoms with van der Waals surface area (Å²) in [4.78, 5) is 14.8. The first-order valence-electron chi connectivity index (χ1n) is 6.50. The standard InChI is InChI=1S/C14H23NO3S/c1-11(2)10-17-14(16)18-12(7-8-15(3)4)13-6-5-9-19-13/h5-6,9,11-12H,7-8,10H2,1-4H3. The van der Waals surface area contributed by atoms with Crippen LogP contribution in [0.3, 0.4) is 0 Å². The number of thiophene rings is 1. The zero-order valence-corrected chi connectivity index (χ0v) is 12.9. The number of nitrogens with zero attached hydrogens (tertiary/aromatic N) is 1. The van der Waals surface area contributed by atoms with E-state index in [1.165, 1.54) is 0 Å². The average molecular weight is 285 g/mol. The predicted octanol–water partition coefficient (Wildman–Crippen LogP) is 3.55. The molecule has 19 heavy (non-hydrogen) atoms. The van der Waals surface area contributed by atoms with E-state index in [2.05, 4.69) is 4.90 Å². The molecule has 0 saturated carbocycles. The van der Waals surface area contributed by atoms with Crippen molar-refractivity contribution in [1.82, 2.24) is 4.90 Å². The highest BCUT2D eigenvalue weighted by Crippen LogP contribution is 2.26. The summed E-state index contributed by atoms with van der Waals surface area (Å²) < 4.78 is 10.5. The summed E-state index contributed by atoms with van der Waals surface area (Å²) in [5, 5.41) is 1.99. The molecule has 0 aromatic carbocycles. The molecule has 5 heteroatoms. The van der Waals surface area contributed by atoms with E-state index in [0.29, 0.717) is 12.5 Å². The lowest BCUT2D eigenvalue weighted by molar-refractivity contribution is 0.0135. The third kappa shape index (κ3) is 6.59. The fraction of sp³-hybridized carbons (Fsp3) is 0.643. The average Bonchev–Trinajstić information content (AvgIpc) is 2.85. The number of rotatable bonds is 7. The van der Waals surface area contributed by atoms with Crippen molar-refractivity contribution in [3.8, 4) is 0 Å². The van der Waals surface area contributed by atoms with Crippen LogP contribution in [0.25, 0.3) is 0 Å². The second-order valence-electron chi connectivity index (χ2n) is 5.17. The topological polar surface area (TPSA) is 38.8 Å². The van der Waals surface area contributed by atoms with Crippen molar-refractivity contribution >= 4 is 17.5 Å². The van der Waals surface area contributed by atoms with Gasteiger partial charge in [-0.25, -0.2) is 4.79 Å². The van der Waals surface area contributed by atoms with E-state index in [1.54, 1.807) is 11.3 Å². The lowest BCUT2D eigenvalue weighted by Gasteiger charge is -2.19. The van der Waals surface area contributed by atoms with E-state index >= 15 is 0 Å². The molecule has 1 rings (SSSR count). The van der Waals surface area contributed by atoms with Crippen LogP contribution in [0.4, 0.5) is 4.79 Å². The lowest BCUT2D eigenvalue weighted by Crippen LogP contribution is -2.20. The van der Waals surface area contributed by atoms with Gasteiger partial charge in [-0.3, -0.25) is 0 Å². The number of carbonyl (C=O) groups is 1. The molecule has 0 bridgehead atoms. The van der Waals surface area contributed by atoms with E-state index in [9.17, 15) is 4.79 Å². The summed E-state index contributed by atoms with van der Waals surface area (Å²) in [6, 6.07) is 3.95. The van der Waals surface area contributed by atoms with Crippen LogP contribution in [-0.2, 0) is 9.47 Å². The summed E-state index contributed by atoms with van der Waals surface area (Å²) in [6.07, 6.45) is -0.0301. The number of hydrogen-bond donors (Lipinski definition) is 0. The molecule has 0 fully saturated rings. The molecule has 0 spiro atoms. The number of hydrogen-bond acceptors (Lipinski definition) is 5. The van der Waals surface area contributed by atoms with Gasteiger partial charge in [0.15, 0.2) is 0 Å². The van der Waals surface area contributed by atoms with Crippen molar-refractivity contribution in [3.63, 3.8) is 0 Å². The maximum Gasteiger partial charge on any atom is 0.508 e. The van der Waals surface area contributed by atoms with Gasteiger partial charge in [0.1, 0.15) is 6.10 Å². The Morgan fingerprint density at radius 3 is 2.68 bits per heavy atom. The van der Waals surface area contributed by atoms with Crippen LogP contribution in [0.15, 0.2) is 17.5 Å². The Kier molecular flexibility index (Phi) is 6.87. The second kappa shape index (κ2) is 8.17. The third-order valence-electron chi connectivity index (χ3n) is 2.47. The highest BCUT2D eigenvalue weighted by atomic mass is 32.1. The minimum atomic E-state index is -0.578. The molecule has 1 aromatic heterocycles. The molecule has 0 aliphatic rings. The summed E-state index contributed by atoms with van der Waals surface area (Å²) in [6.45, 7) is 5.25. The van der Waals surface area contributed by atoms with Crippen LogP contribution >= 0.6 is 11.3 Å². The van der Waals surface area contributed by atoms with Crippen LogP contribution in [0, 0.1) is 5.92 Å². The first-order chi connectivity index (χ1) is 8.99. The Labute approximate surface area is 119 Å². The first-order valence-corrected chi connectivity index (χ1v) is 7.38. The summed E-state index contributed by atoms with van der Waals surface area (Å²) in [5.41, 5.74) is 0. The van der Waals surface area contributed by atoms with Crippen LogP contribution in [0.2, 0.25) is 0 Å². The third-order valence-corrected chi connectivity index (χ3v) is 3.44. The molecule has 0 saturated heterocycles. The van der Waals surface area contributed by atoms with E-state index in [-0.39, 0.29) is 6.10 Å². The number of ether oxygens (including phenoxy) is 2. The zero-order chi connectivity index (χ0) is 14.3. The minimum Gasteiger partial charge on any atom is -0.434 e. The molecule has 0 radical (unpaired) electrons. The summed E-state index contributed by atoms with van der Waals surface area (Å²) >= 11 is 1.60. The Hall–Kier alpha value is -1.07. The fourth-order valence-electron chi connectivity index (χ4n) is 1.49. The molecule has 1 heterocycles. The Morgan fingerprint density at radius 1 is 1.42 bits per heavy atom. The van der Waals surface area contributed by atoms with Gasteiger partial charge in [-0.2, -0.15) is 0 Å². The highest BCUT2D eigenvalue weighted by Gasteiger charge is 2.19. The molecular weight excluding hydrogens is 262 g/mol. The lowest BCUT2D eigenvalue weighted by atomic mass is 10.2. The largest absolute Gasteiger partial charge is 0.508 e. The van der Waals surface area contributed by atoms with E-state index < -0.39 is 6.16 Å². The predicted molar refractivity (Wildman–Crippen MR) is 77.5 cm³/mol. The van der Waals surface area contributed by atoms with E-state index in [0.717, 1.165) is 17.8 Å². The normalized spacial score (nSPS) is 12.7. The molecular formula is C14H23NO3S. The van der Waals surface area contributed by atoms with Gasteiger partial charge in [0, 0.05) is 17.8 Å². The Balaban J connectivity index is 2.52. The van der Waals surface area contributed by atoms with Gasteiger partial charge < -0.3 is 14.4 Å². The molecule has 1 atom stereocenters. The quantitative estimate of drug-likeness (QED) is 0.718. The van der Waals surface area contributed by atoms with Gasteiger partial charge in [0.2, 0.25) is 0 Å². The van der Waals surface area contributed by atoms with Crippen LogP contribution < -0.4 is 0 Å². The van der Waals surface area contributed by atoms with E-state index in [4.69, 9.17) is 9.47 Å². The van der Waals surface area contributed by atoms with Crippen molar-refractivity contribution in [2.75, 3.05) is 27.2 Å². The minimum absolute atomic E-state index is 0.220. The van der Waals surface area contributed by atoms with Crippen LogP contribution in [0.5, 0.6) is 0 Å². The molecule has 108 valence electrons. The van der Waals surface area contributed by atoms with Gasteiger partial charge in [0.05, 0.1) is 6.61 Å². The van der Waals surface area contributed by atoms with Crippen molar-refractivity contribution in [2.24, 2.45) is 5.92 Å². The van der Waals surface area contributed by atoms with Gasteiger partial charge in [-0.1, -0.05) is 19.9 Å². The van der Waals surface area contributed by atoms with Crippen molar-refractivity contribution in [3.05, 3.63) is 22.4 Å². The molecule has 0 N–H and O–H groups in total. The molecule has 0 aliphatic heterocycles. The SMILES string of the molecule is CC(C)COC(=O)OC(CCN(C)C)c1cccs1. The smallest absolute Gasteiger partial charge is 0.434 e. The van der Waals surface area contributed by atoms with E-state index in [1.807, 2.05) is 45.5 Å². The van der Waals surface area contributed by atoms with Gasteiger partial charge in [0.25, 0.3) is 0 Å². The zero-order valence-electron chi connectivity index (χ0n) is 12.1. The monoisotopic (exact) mass is 285 g/mol. The van der Waals surface area contributed by atoms with Crippen molar-refractivity contribution in [2.45, 2.75) is 26.4 Å². The number of carbonyl (C=O) groups excluding carboxylic acids is 1. The Morgan fingerprint density at radius 2 is 2.16 bits per heavy atom. The maximum atomic E-state index is 11.6. The summed E-state index contributed by atoms with van der Waals surface area (Å²) in [7, 11) is 4.01. The van der Waals surface area contributed by atoms with Crippen LogP contribution in [-0.4, -0.2) is 38.3 Å². The molecule has 4 nitrogen and oxygen atoms in total. The molecule has 0 amide bonds. The Bertz CT molecular complexity index is 363. The second-order valence-corrected chi connectivity index (χ2v) is 6.15. The van der Waals surface area contributed by atoms with Crippen LogP contribution in [0.1, 0.15) is 31.2 Å². The molecule has 1 unspecified atom stereocenters. The molecule has 1 aromatic rings. The van der Waals surface area contributed by atoms with Gasteiger partial charge in [-0.15, -0.1) is 11.3 Å². The maximum absolute atomic E-state index is 11.6. The van der Waals surface area contributed by atoms with Crippen molar-refractivity contribution < 1.29 is 14.3 Å². The van der Waals surface area contributed by atoms with Gasteiger partial charge >= 0.3 is 6.16 Å².